The molecule has 0 bridgehead atoms. The van der Waals surface area contributed by atoms with Crippen molar-refractivity contribution >= 4 is 41.1 Å². The number of hydrogen-bond donors (Lipinski definition) is 4. The molecule has 0 aromatic carbocycles. The minimum atomic E-state index is -1.04. The fraction of sp³-hybridized carbons (Fsp3) is 0.844. The van der Waals surface area contributed by atoms with Crippen LogP contribution in [0.3, 0.4) is 0 Å². The molecule has 0 aliphatic heterocycles. The number of unbranched alkanes of at least 4 members (excludes halogenated alkanes) is 14. The number of rotatable bonds is 46. The normalized spacial score (nSPS) is 12.2. The van der Waals surface area contributed by atoms with Crippen LogP contribution in [-0.4, -0.2) is 117 Å². The van der Waals surface area contributed by atoms with E-state index in [1.807, 2.05) is 6.92 Å². The lowest BCUT2D eigenvalue weighted by molar-refractivity contribution is -0.144. The van der Waals surface area contributed by atoms with Gasteiger partial charge in [-0.3, -0.25) is 33.6 Å². The highest BCUT2D eigenvalue weighted by Crippen LogP contribution is 2.18. The first-order valence-corrected chi connectivity index (χ1v) is 22.7. The number of carbonyl (C=O) groups is 7. The van der Waals surface area contributed by atoms with Gasteiger partial charge in [-0.2, -0.15) is 0 Å². The van der Waals surface area contributed by atoms with Gasteiger partial charge in [0.05, 0.1) is 39.0 Å². The van der Waals surface area contributed by atoms with E-state index in [1.165, 1.54) is 44.9 Å². The highest BCUT2D eigenvalue weighted by molar-refractivity contribution is 5.84. The van der Waals surface area contributed by atoms with Crippen molar-refractivity contribution in [3.8, 4) is 0 Å². The minimum absolute atomic E-state index is 0. The van der Waals surface area contributed by atoms with Gasteiger partial charge in [-0.15, -0.1) is 0 Å². The van der Waals surface area contributed by atoms with Gasteiger partial charge in [0.25, 0.3) is 0 Å². The maximum atomic E-state index is 12.4. The number of nitrogens with one attached hydrogen (secondary N) is 2. The van der Waals surface area contributed by atoms with Crippen LogP contribution in [0.1, 0.15) is 169 Å². The Morgan fingerprint density at radius 1 is 0.483 bits per heavy atom. The molecule has 0 saturated heterocycles. The monoisotopic (exact) mass is 859 g/mol. The Hall–Kier alpha value is -3.27. The first-order chi connectivity index (χ1) is 28.9. The first kappa shape index (κ1) is 56.7. The quantitative estimate of drug-likeness (QED) is 0.0452. The Bertz CT molecular complexity index is 1170. The second-order valence-electron chi connectivity index (χ2n) is 15.8. The third-order valence-electron chi connectivity index (χ3n) is 10.3. The summed E-state index contributed by atoms with van der Waals surface area (Å²) in [7, 11) is 0. The predicted molar refractivity (Wildman–Crippen MR) is 231 cm³/mol. The molecule has 0 radical (unpaired) electrons. The minimum Gasteiger partial charge on any atom is -0.481 e. The smallest absolute Gasteiger partial charge is 0.306 e. The number of ether oxygens (including phenoxy) is 4. The van der Waals surface area contributed by atoms with Gasteiger partial charge in [-0.05, 0) is 45.4 Å². The lowest BCUT2D eigenvalue weighted by Gasteiger charge is -2.11. The van der Waals surface area contributed by atoms with Crippen LogP contribution in [0.15, 0.2) is 0 Å². The molecule has 0 unspecified atom stereocenters. The number of carbonyl (C=O) groups excluding carboxylic acids is 5. The lowest BCUT2D eigenvalue weighted by atomic mass is 9.93. The van der Waals surface area contributed by atoms with Gasteiger partial charge in [0.15, 0.2) is 0 Å². The largest absolute Gasteiger partial charge is 0.481 e. The summed E-state index contributed by atoms with van der Waals surface area (Å²) in [6.45, 7) is 5.75. The first-order valence-electron chi connectivity index (χ1n) is 22.7. The summed E-state index contributed by atoms with van der Waals surface area (Å²) in [5, 5.41) is 23.7. The third kappa shape index (κ3) is 40.2. The summed E-state index contributed by atoms with van der Waals surface area (Å²) >= 11 is 0. The van der Waals surface area contributed by atoms with Crippen LogP contribution in [0.25, 0.3) is 0 Å². The molecular formula is C45H82N2O13. The second-order valence-corrected chi connectivity index (χ2v) is 15.8. The lowest BCUT2D eigenvalue weighted by Crippen LogP contribution is -2.31. The van der Waals surface area contributed by atoms with Gasteiger partial charge in [-0.25, -0.2) is 0 Å². The molecule has 2 amide bonds. The molecule has 0 rings (SSSR count). The van der Waals surface area contributed by atoms with Crippen LogP contribution in [-0.2, 0) is 52.5 Å². The number of hydrogen-bond acceptors (Lipinski definition) is 11. The zero-order valence-corrected chi connectivity index (χ0v) is 37.1. The average molecular weight is 859 g/mol. The summed E-state index contributed by atoms with van der Waals surface area (Å²) in [5.41, 5.74) is 0. The van der Waals surface area contributed by atoms with Crippen molar-refractivity contribution in [3.63, 3.8) is 0 Å². The van der Waals surface area contributed by atoms with Crippen molar-refractivity contribution in [2.24, 2.45) is 11.8 Å². The molecule has 15 nitrogen and oxygen atoms in total. The molecule has 0 aliphatic rings. The standard InChI is InChI=1S/C45H80N2O13.H2/c1-37(38(2)48)20-17-18-26-46-42(51)35-60-33-31-58-29-27-47-43(52)36-59-32-30-57-28-19-22-40(49)25-24-39(45(55)56)34-41(50)21-15-13-11-9-7-5-3-4-6-8-10-12-14-16-23-44(53)54;/h37,39H,3-36H2,1-2H3,(H,46,51)(H,47,52)(H,53,54)(H,55,56);1H/t37-,39+;/m0./s1. The third-order valence-corrected chi connectivity index (χ3v) is 10.3. The molecule has 0 aliphatic carbocycles. The van der Waals surface area contributed by atoms with Crippen LogP contribution < -0.4 is 10.6 Å². The summed E-state index contributed by atoms with van der Waals surface area (Å²) in [5.74, 6) is -2.99. The van der Waals surface area contributed by atoms with E-state index < -0.39 is 17.9 Å². The Balaban J connectivity index is 0. The van der Waals surface area contributed by atoms with Crippen molar-refractivity contribution in [3.05, 3.63) is 0 Å². The van der Waals surface area contributed by atoms with Crippen LogP contribution in [0.4, 0.5) is 0 Å². The van der Waals surface area contributed by atoms with Crippen molar-refractivity contribution in [2.45, 2.75) is 168 Å². The van der Waals surface area contributed by atoms with Crippen molar-refractivity contribution in [1.82, 2.24) is 10.6 Å². The molecule has 0 aromatic rings. The number of ketones is 3. The molecule has 0 fully saturated rings. The number of amides is 2. The topological polar surface area (TPSA) is 221 Å². The van der Waals surface area contributed by atoms with E-state index in [1.54, 1.807) is 6.92 Å². The van der Waals surface area contributed by atoms with Gasteiger partial charge in [0.1, 0.15) is 30.6 Å². The van der Waals surface area contributed by atoms with E-state index in [2.05, 4.69) is 10.6 Å². The number of carboxylic acids is 2. The molecular weight excluding hydrogens is 776 g/mol. The number of Topliss-reactive ketones (excluding diaryl/α,β-unsaturated/α-hetero) is 3. The zero-order chi connectivity index (χ0) is 44.5. The molecule has 0 heterocycles. The molecule has 15 heteroatoms. The van der Waals surface area contributed by atoms with Gasteiger partial charge >= 0.3 is 11.9 Å². The van der Waals surface area contributed by atoms with E-state index in [0.717, 1.165) is 64.2 Å². The van der Waals surface area contributed by atoms with Gasteiger partial charge in [0.2, 0.25) is 11.8 Å². The van der Waals surface area contributed by atoms with E-state index in [-0.39, 0.29) is 115 Å². The van der Waals surface area contributed by atoms with E-state index >= 15 is 0 Å². The number of aliphatic carboxylic acids is 2. The maximum absolute atomic E-state index is 12.4. The molecule has 350 valence electrons. The Kier molecular flexibility index (Phi) is 38.9. The number of carboxylic acid groups (broad SMARTS) is 2. The van der Waals surface area contributed by atoms with Crippen molar-refractivity contribution in [2.75, 3.05) is 65.9 Å². The molecule has 2 atom stereocenters. The maximum Gasteiger partial charge on any atom is 0.306 e. The van der Waals surface area contributed by atoms with E-state index in [4.69, 9.17) is 24.1 Å². The van der Waals surface area contributed by atoms with Gasteiger partial charge in [0, 0.05) is 59.1 Å². The van der Waals surface area contributed by atoms with Crippen molar-refractivity contribution < 1.29 is 64.1 Å². The van der Waals surface area contributed by atoms with Crippen molar-refractivity contribution in [1.29, 1.82) is 0 Å². The molecule has 60 heavy (non-hydrogen) atoms. The van der Waals surface area contributed by atoms with E-state index in [9.17, 15) is 38.7 Å². The Morgan fingerprint density at radius 3 is 1.47 bits per heavy atom. The summed E-state index contributed by atoms with van der Waals surface area (Å²) in [4.78, 5) is 81.9. The molecule has 0 saturated carbocycles. The van der Waals surface area contributed by atoms with Gasteiger partial charge < -0.3 is 39.8 Å². The molecule has 0 aromatic heterocycles. The second kappa shape index (κ2) is 41.1. The average Bonchev–Trinajstić information content (AvgIpc) is 3.20. The van der Waals surface area contributed by atoms with Crippen LogP contribution in [0, 0.1) is 11.8 Å². The van der Waals surface area contributed by atoms with Crippen LogP contribution >= 0.6 is 0 Å². The fourth-order valence-corrected chi connectivity index (χ4v) is 6.38. The SMILES string of the molecule is CC(=O)[C@@H](C)CCCCNC(=O)COCCOCCNC(=O)COCCOCCCC(=O)CC[C@H](CC(=O)CCCCCCCCCCCCCCCCC(=O)O)C(=O)O.[HH]. The highest BCUT2D eigenvalue weighted by atomic mass is 16.5. The van der Waals surface area contributed by atoms with Gasteiger partial charge in [-0.1, -0.05) is 90.4 Å². The summed E-state index contributed by atoms with van der Waals surface area (Å²) in [6, 6.07) is 0. The zero-order valence-electron chi connectivity index (χ0n) is 37.1. The molecule has 4 N–H and O–H groups in total. The molecule has 0 spiro atoms. The van der Waals surface area contributed by atoms with E-state index in [0.29, 0.717) is 32.5 Å². The van der Waals surface area contributed by atoms with Crippen LogP contribution in [0.2, 0.25) is 0 Å². The Labute approximate surface area is 361 Å². The van der Waals surface area contributed by atoms with Crippen LogP contribution in [0.5, 0.6) is 0 Å². The summed E-state index contributed by atoms with van der Waals surface area (Å²) in [6.07, 6.45) is 19.5. The fourth-order valence-electron chi connectivity index (χ4n) is 6.38. The Morgan fingerprint density at radius 2 is 0.950 bits per heavy atom. The summed E-state index contributed by atoms with van der Waals surface area (Å²) < 4.78 is 21.4. The highest BCUT2D eigenvalue weighted by Gasteiger charge is 2.22. The predicted octanol–water partition coefficient (Wildman–Crippen LogP) is 7.04.